The average molecular weight is 387 g/mol. The summed E-state index contributed by atoms with van der Waals surface area (Å²) < 4.78 is 38.6. The molecule has 0 aliphatic carbocycles. The Labute approximate surface area is 146 Å². The fourth-order valence-electron chi connectivity index (χ4n) is 2.06. The van der Waals surface area contributed by atoms with Crippen molar-refractivity contribution < 1.29 is 22.9 Å². The second-order valence-electron chi connectivity index (χ2n) is 4.93. The minimum atomic E-state index is -4.75. The van der Waals surface area contributed by atoms with Gasteiger partial charge in [0.1, 0.15) is 4.70 Å². The van der Waals surface area contributed by atoms with Gasteiger partial charge in [0.2, 0.25) is 0 Å². The van der Waals surface area contributed by atoms with Gasteiger partial charge in [-0.1, -0.05) is 0 Å². The molecule has 0 spiro atoms. The van der Waals surface area contributed by atoms with Crippen molar-refractivity contribution >= 4 is 44.5 Å². The summed E-state index contributed by atoms with van der Waals surface area (Å²) in [6.07, 6.45) is -4.75. The van der Waals surface area contributed by atoms with E-state index in [9.17, 15) is 28.1 Å². The highest BCUT2D eigenvalue weighted by Gasteiger charge is 2.34. The largest absolute Gasteiger partial charge is 0.416 e. The number of nitrogens with zero attached hydrogens (tertiary/aromatic N) is 2. The SMILES string of the molecule is O=C(NCc1ccsc1)c1nc2cc(C(F)(F)F)cc([N+](=O)[O-])c2s1. The van der Waals surface area contributed by atoms with E-state index in [4.69, 9.17) is 0 Å². The number of amides is 1. The predicted octanol–water partition coefficient (Wildman–Crippen LogP) is 4.21. The number of nitro groups is 1. The molecule has 6 nitrogen and oxygen atoms in total. The van der Waals surface area contributed by atoms with E-state index in [1.165, 1.54) is 11.3 Å². The molecule has 1 amide bonds. The molecule has 1 aromatic carbocycles. The van der Waals surface area contributed by atoms with Crippen LogP contribution in [-0.2, 0) is 12.7 Å². The minimum absolute atomic E-state index is 0.0707. The third kappa shape index (κ3) is 3.61. The van der Waals surface area contributed by atoms with Crippen LogP contribution in [0.4, 0.5) is 18.9 Å². The van der Waals surface area contributed by atoms with E-state index in [1.807, 2.05) is 16.8 Å². The van der Waals surface area contributed by atoms with Crippen molar-refractivity contribution in [3.63, 3.8) is 0 Å². The maximum absolute atomic E-state index is 12.9. The van der Waals surface area contributed by atoms with Crippen LogP contribution in [0.3, 0.4) is 0 Å². The molecule has 25 heavy (non-hydrogen) atoms. The lowest BCUT2D eigenvalue weighted by atomic mass is 10.2. The standard InChI is InChI=1S/C14H8F3N3O3S2/c15-14(16,17)8-3-9-11(10(4-8)20(22)23)25-13(19-9)12(21)18-5-7-1-2-24-6-7/h1-4,6H,5H2,(H,18,21). The van der Waals surface area contributed by atoms with Crippen molar-refractivity contribution in [2.45, 2.75) is 12.7 Å². The molecule has 2 heterocycles. The Kier molecular flexibility index (Phi) is 4.43. The topological polar surface area (TPSA) is 85.1 Å². The fraction of sp³-hybridized carbons (Fsp3) is 0.143. The second-order valence-corrected chi connectivity index (χ2v) is 6.71. The summed E-state index contributed by atoms with van der Waals surface area (Å²) in [5.41, 5.74) is -1.27. The molecular weight excluding hydrogens is 379 g/mol. The zero-order valence-corrected chi connectivity index (χ0v) is 13.8. The molecule has 0 unspecified atom stereocenters. The van der Waals surface area contributed by atoms with Crippen LogP contribution in [0.25, 0.3) is 10.2 Å². The molecule has 2 aromatic heterocycles. The highest BCUT2D eigenvalue weighted by atomic mass is 32.1. The molecule has 0 saturated heterocycles. The van der Waals surface area contributed by atoms with Gasteiger partial charge in [-0.3, -0.25) is 14.9 Å². The molecule has 0 aliphatic heterocycles. The lowest BCUT2D eigenvalue weighted by molar-refractivity contribution is -0.383. The zero-order chi connectivity index (χ0) is 18.2. The van der Waals surface area contributed by atoms with Crippen molar-refractivity contribution in [1.29, 1.82) is 0 Å². The van der Waals surface area contributed by atoms with E-state index >= 15 is 0 Å². The number of alkyl halides is 3. The molecule has 0 radical (unpaired) electrons. The first-order valence-corrected chi connectivity index (χ1v) is 8.47. The molecule has 0 bridgehead atoms. The van der Waals surface area contributed by atoms with Gasteiger partial charge in [0, 0.05) is 12.6 Å². The van der Waals surface area contributed by atoms with E-state index in [1.54, 1.807) is 0 Å². The first-order valence-electron chi connectivity index (χ1n) is 6.71. The monoisotopic (exact) mass is 387 g/mol. The molecule has 130 valence electrons. The third-order valence-corrected chi connectivity index (χ3v) is 5.05. The van der Waals surface area contributed by atoms with Crippen LogP contribution in [-0.4, -0.2) is 15.8 Å². The highest BCUT2D eigenvalue weighted by Crippen LogP contribution is 2.38. The highest BCUT2D eigenvalue weighted by molar-refractivity contribution is 7.20. The predicted molar refractivity (Wildman–Crippen MR) is 86.8 cm³/mol. The Balaban J connectivity index is 1.96. The van der Waals surface area contributed by atoms with Crippen LogP contribution in [0, 0.1) is 10.1 Å². The van der Waals surface area contributed by atoms with Gasteiger partial charge in [-0.05, 0) is 28.5 Å². The molecule has 3 aromatic rings. The van der Waals surface area contributed by atoms with E-state index in [0.717, 1.165) is 5.56 Å². The van der Waals surface area contributed by atoms with Crippen LogP contribution in [0.1, 0.15) is 20.9 Å². The Morgan fingerprint density at radius 3 is 2.72 bits per heavy atom. The number of fused-ring (bicyclic) bond motifs is 1. The number of thiazole rings is 1. The number of carbonyl (C=O) groups excluding carboxylic acids is 1. The van der Waals surface area contributed by atoms with Crippen LogP contribution in [0.5, 0.6) is 0 Å². The summed E-state index contributed by atoms with van der Waals surface area (Å²) in [5, 5.41) is 17.2. The third-order valence-electron chi connectivity index (χ3n) is 3.22. The average Bonchev–Trinajstić information content (AvgIpc) is 3.19. The van der Waals surface area contributed by atoms with Gasteiger partial charge in [0.15, 0.2) is 5.01 Å². The number of hydrogen-bond donors (Lipinski definition) is 1. The summed E-state index contributed by atoms with van der Waals surface area (Å²) in [4.78, 5) is 26.1. The first kappa shape index (κ1) is 17.3. The Morgan fingerprint density at radius 1 is 1.36 bits per heavy atom. The molecule has 0 atom stereocenters. The van der Waals surface area contributed by atoms with Gasteiger partial charge in [0.05, 0.1) is 16.0 Å². The van der Waals surface area contributed by atoms with Crippen LogP contribution < -0.4 is 5.32 Å². The normalized spacial score (nSPS) is 11.6. The van der Waals surface area contributed by atoms with Gasteiger partial charge in [0.25, 0.3) is 11.6 Å². The summed E-state index contributed by atoms with van der Waals surface area (Å²) >= 11 is 2.14. The molecule has 3 rings (SSSR count). The molecule has 11 heteroatoms. The quantitative estimate of drug-likeness (QED) is 0.537. The number of benzene rings is 1. The summed E-state index contributed by atoms with van der Waals surface area (Å²) in [6.45, 7) is 0.230. The van der Waals surface area contributed by atoms with Crippen molar-refractivity contribution in [2.24, 2.45) is 0 Å². The fourth-order valence-corrected chi connectivity index (χ4v) is 3.68. The summed E-state index contributed by atoms with van der Waals surface area (Å²) in [7, 11) is 0. The number of non-ortho nitro benzene ring substituents is 1. The van der Waals surface area contributed by atoms with Crippen molar-refractivity contribution in [3.05, 3.63) is 55.2 Å². The number of nitro benzene ring substituents is 1. The maximum Gasteiger partial charge on any atom is 0.416 e. The van der Waals surface area contributed by atoms with Crippen molar-refractivity contribution in [3.8, 4) is 0 Å². The van der Waals surface area contributed by atoms with E-state index in [2.05, 4.69) is 10.3 Å². The van der Waals surface area contributed by atoms with Crippen molar-refractivity contribution in [1.82, 2.24) is 10.3 Å². The lowest BCUT2D eigenvalue weighted by Crippen LogP contribution is -2.22. The Hall–Kier alpha value is -2.53. The van der Waals surface area contributed by atoms with E-state index in [-0.39, 0.29) is 21.8 Å². The van der Waals surface area contributed by atoms with Crippen LogP contribution in [0.15, 0.2) is 29.0 Å². The molecule has 0 aliphatic rings. The number of carbonyl (C=O) groups is 1. The number of nitrogens with one attached hydrogen (secondary N) is 1. The van der Waals surface area contributed by atoms with Gasteiger partial charge in [-0.25, -0.2) is 4.98 Å². The van der Waals surface area contributed by atoms with Gasteiger partial charge in [-0.2, -0.15) is 24.5 Å². The Morgan fingerprint density at radius 2 is 2.12 bits per heavy atom. The maximum atomic E-state index is 12.9. The van der Waals surface area contributed by atoms with Crippen LogP contribution >= 0.6 is 22.7 Å². The first-order chi connectivity index (χ1) is 11.8. The van der Waals surface area contributed by atoms with Crippen LogP contribution in [0.2, 0.25) is 0 Å². The van der Waals surface area contributed by atoms with E-state index < -0.39 is 28.3 Å². The molecular formula is C14H8F3N3O3S2. The second kappa shape index (κ2) is 6.41. The number of halogens is 3. The number of aromatic nitrogens is 1. The Bertz CT molecular complexity index is 952. The summed E-state index contributed by atoms with van der Waals surface area (Å²) in [6, 6.07) is 2.96. The van der Waals surface area contributed by atoms with Crippen molar-refractivity contribution in [2.75, 3.05) is 0 Å². The molecule has 0 saturated carbocycles. The minimum Gasteiger partial charge on any atom is -0.346 e. The number of hydrogen-bond acceptors (Lipinski definition) is 6. The smallest absolute Gasteiger partial charge is 0.346 e. The molecule has 1 N–H and O–H groups in total. The van der Waals surface area contributed by atoms with Gasteiger partial charge < -0.3 is 5.32 Å². The van der Waals surface area contributed by atoms with Gasteiger partial charge >= 0.3 is 6.18 Å². The number of rotatable bonds is 4. The van der Waals surface area contributed by atoms with E-state index in [0.29, 0.717) is 23.5 Å². The number of thiophene rings is 1. The lowest BCUT2D eigenvalue weighted by Gasteiger charge is -2.05. The molecule has 0 fully saturated rings. The zero-order valence-electron chi connectivity index (χ0n) is 12.2. The summed E-state index contributed by atoms with van der Waals surface area (Å²) in [5.74, 6) is -0.602. The van der Waals surface area contributed by atoms with Gasteiger partial charge in [-0.15, -0.1) is 11.3 Å².